The lowest BCUT2D eigenvalue weighted by atomic mass is 9.89. The Morgan fingerprint density at radius 2 is 2.12 bits per heavy atom. The van der Waals surface area contributed by atoms with Crippen molar-refractivity contribution < 1.29 is 23.5 Å². The van der Waals surface area contributed by atoms with Crippen LogP contribution in [0.5, 0.6) is 0 Å². The highest BCUT2D eigenvalue weighted by Crippen LogP contribution is 2.44. The molecule has 2 heterocycles. The van der Waals surface area contributed by atoms with Gasteiger partial charge in [-0.3, -0.25) is 15.1 Å². The molecule has 0 spiro atoms. The summed E-state index contributed by atoms with van der Waals surface area (Å²) < 4.78 is 32.8. The van der Waals surface area contributed by atoms with E-state index < -0.39 is 50.8 Å². The number of hydroxylamine groups is 1. The number of nitrogens with zero attached hydrogens (tertiary/aromatic N) is 2. The lowest BCUT2D eigenvalue weighted by Crippen LogP contribution is -2.38. The largest absolute Gasteiger partial charge is 0.477 e. The van der Waals surface area contributed by atoms with E-state index in [9.17, 15) is 14.7 Å². The van der Waals surface area contributed by atoms with Crippen LogP contribution >= 0.6 is 0 Å². The highest BCUT2D eigenvalue weighted by atomic mass is 19.1. The van der Waals surface area contributed by atoms with Crippen LogP contribution in [-0.4, -0.2) is 35.3 Å². The molecular formula is C22H25F2N5O4. The van der Waals surface area contributed by atoms with E-state index in [0.29, 0.717) is 18.5 Å². The molecule has 1 saturated carbocycles. The number of carboxylic acid groups (broad SMARTS) is 1. The Balaban J connectivity index is 1.94. The molecule has 6 N–H and O–H groups in total. The minimum atomic E-state index is -1.49. The zero-order valence-corrected chi connectivity index (χ0v) is 18.0. The number of benzene rings is 1. The molecule has 1 aromatic carbocycles. The molecule has 0 radical (unpaired) electrons. The van der Waals surface area contributed by atoms with Crippen LogP contribution in [0, 0.1) is 17.0 Å². The van der Waals surface area contributed by atoms with Gasteiger partial charge in [0.1, 0.15) is 11.3 Å². The number of carboxylic acids is 1. The van der Waals surface area contributed by atoms with Gasteiger partial charge in [-0.1, -0.05) is 13.0 Å². The second kappa shape index (κ2) is 8.16. The molecule has 2 aliphatic rings. The number of pyridine rings is 1. The van der Waals surface area contributed by atoms with Gasteiger partial charge in [0.2, 0.25) is 5.43 Å². The number of fused-ring (bicyclic) bond motifs is 1. The summed E-state index contributed by atoms with van der Waals surface area (Å²) in [7, 11) is 0. The summed E-state index contributed by atoms with van der Waals surface area (Å²) in [6, 6.07) is -0.202. The third kappa shape index (κ3) is 3.62. The predicted molar refractivity (Wildman–Crippen MR) is 120 cm³/mol. The summed E-state index contributed by atoms with van der Waals surface area (Å²) in [4.78, 5) is 31.0. The minimum absolute atomic E-state index is 0.114. The van der Waals surface area contributed by atoms with Crippen molar-refractivity contribution in [1.29, 1.82) is 0 Å². The average molecular weight is 461 g/mol. The summed E-state index contributed by atoms with van der Waals surface area (Å²) in [6.45, 7) is 5.83. The highest BCUT2D eigenvalue weighted by molar-refractivity contribution is 6.00. The van der Waals surface area contributed by atoms with Crippen LogP contribution < -0.4 is 27.3 Å². The fraction of sp³-hybridized carbons (Fsp3) is 0.364. The smallest absolute Gasteiger partial charge is 0.341 e. The summed E-state index contributed by atoms with van der Waals surface area (Å²) in [6.07, 6.45) is 5.47. The van der Waals surface area contributed by atoms with E-state index in [0.717, 1.165) is 6.20 Å². The molecule has 0 bridgehead atoms. The number of anilines is 2. The van der Waals surface area contributed by atoms with Crippen LogP contribution in [-0.2, 0) is 4.84 Å². The number of aromatic carboxylic acids is 1. The molecule has 1 unspecified atom stereocenters. The second-order valence-corrected chi connectivity index (χ2v) is 8.57. The normalized spacial score (nSPS) is 20.2. The number of hydrogen-bond donors (Lipinski definition) is 4. The minimum Gasteiger partial charge on any atom is -0.477 e. The molecule has 9 nitrogen and oxygen atoms in total. The molecule has 0 saturated heterocycles. The Kier molecular flexibility index (Phi) is 5.62. The number of nitrogens with two attached hydrogens (primary N) is 2. The summed E-state index contributed by atoms with van der Waals surface area (Å²) in [5, 5.41) is 8.94. The van der Waals surface area contributed by atoms with Gasteiger partial charge >= 0.3 is 5.97 Å². The van der Waals surface area contributed by atoms with Gasteiger partial charge in [-0.25, -0.2) is 13.6 Å². The van der Waals surface area contributed by atoms with Crippen LogP contribution in [0.15, 0.2) is 35.5 Å². The highest BCUT2D eigenvalue weighted by Gasteiger charge is 2.40. The van der Waals surface area contributed by atoms with Crippen molar-refractivity contribution in [2.45, 2.75) is 25.8 Å². The van der Waals surface area contributed by atoms with Gasteiger partial charge in [0, 0.05) is 36.9 Å². The first-order valence-electron chi connectivity index (χ1n) is 10.4. The summed E-state index contributed by atoms with van der Waals surface area (Å²) >= 11 is 0. The first kappa shape index (κ1) is 22.7. The van der Waals surface area contributed by atoms with Crippen molar-refractivity contribution in [3.05, 3.63) is 58.2 Å². The average Bonchev–Trinajstić information content (AvgIpc) is 3.56. The van der Waals surface area contributed by atoms with Gasteiger partial charge in [0.15, 0.2) is 11.6 Å². The molecule has 0 amide bonds. The third-order valence-corrected chi connectivity index (χ3v) is 6.11. The molecule has 4 rings (SSSR count). The zero-order valence-electron chi connectivity index (χ0n) is 18.0. The number of hydrogen-bond acceptors (Lipinski definition) is 7. The van der Waals surface area contributed by atoms with Crippen LogP contribution in [0.25, 0.3) is 10.9 Å². The number of aromatic nitrogens is 1. The van der Waals surface area contributed by atoms with E-state index in [1.807, 2.05) is 6.92 Å². The third-order valence-electron chi connectivity index (χ3n) is 6.11. The summed E-state index contributed by atoms with van der Waals surface area (Å²) in [5.41, 5.74) is 11.6. The SMILES string of the molecule is C=CCONC1=CN(c2c(F)c(N)c3c(=O)c(C(=O)O)cn(C4CC4)c3c2F)CC1(C)CN. The van der Waals surface area contributed by atoms with Crippen molar-refractivity contribution in [2.24, 2.45) is 11.1 Å². The lowest BCUT2D eigenvalue weighted by Gasteiger charge is -2.28. The van der Waals surface area contributed by atoms with Crippen LogP contribution in [0.1, 0.15) is 36.2 Å². The topological polar surface area (TPSA) is 136 Å². The molecule has 2 aromatic rings. The molecule has 1 atom stereocenters. The van der Waals surface area contributed by atoms with Crippen molar-refractivity contribution in [3.63, 3.8) is 0 Å². The van der Waals surface area contributed by atoms with Gasteiger partial charge in [-0.05, 0) is 12.8 Å². The van der Waals surface area contributed by atoms with Gasteiger partial charge in [-0.15, -0.1) is 6.58 Å². The van der Waals surface area contributed by atoms with E-state index in [4.69, 9.17) is 16.3 Å². The molecule has 1 fully saturated rings. The van der Waals surface area contributed by atoms with Gasteiger partial charge in [-0.2, -0.15) is 0 Å². The maximum absolute atomic E-state index is 15.9. The fourth-order valence-corrected chi connectivity index (χ4v) is 4.06. The van der Waals surface area contributed by atoms with Crippen molar-refractivity contribution >= 4 is 28.2 Å². The Morgan fingerprint density at radius 1 is 1.42 bits per heavy atom. The maximum Gasteiger partial charge on any atom is 0.341 e. The Morgan fingerprint density at radius 3 is 2.70 bits per heavy atom. The first-order valence-corrected chi connectivity index (χ1v) is 10.4. The van der Waals surface area contributed by atoms with Crippen LogP contribution in [0.4, 0.5) is 20.2 Å². The maximum atomic E-state index is 15.9. The quantitative estimate of drug-likeness (QED) is 0.203. The van der Waals surface area contributed by atoms with Crippen LogP contribution in [0.2, 0.25) is 0 Å². The second-order valence-electron chi connectivity index (χ2n) is 8.57. The monoisotopic (exact) mass is 461 g/mol. The molecule has 1 aliphatic carbocycles. The number of halogens is 2. The van der Waals surface area contributed by atoms with E-state index in [1.54, 1.807) is 0 Å². The number of nitrogens with one attached hydrogen (secondary N) is 1. The van der Waals surface area contributed by atoms with E-state index in [2.05, 4.69) is 12.1 Å². The Hall–Kier alpha value is -3.44. The van der Waals surface area contributed by atoms with E-state index in [1.165, 1.54) is 21.7 Å². The molecule has 1 aromatic heterocycles. The molecular weight excluding hydrogens is 436 g/mol. The summed E-state index contributed by atoms with van der Waals surface area (Å²) in [5.74, 6) is -3.63. The Labute approximate surface area is 187 Å². The molecule has 33 heavy (non-hydrogen) atoms. The molecule has 176 valence electrons. The van der Waals surface area contributed by atoms with Crippen molar-refractivity contribution in [2.75, 3.05) is 30.3 Å². The van der Waals surface area contributed by atoms with Crippen molar-refractivity contribution in [1.82, 2.24) is 10.0 Å². The molecule has 11 heteroatoms. The lowest BCUT2D eigenvalue weighted by molar-refractivity contribution is 0.0694. The Bertz CT molecular complexity index is 1250. The number of carbonyl (C=O) groups is 1. The van der Waals surface area contributed by atoms with E-state index >= 15 is 8.78 Å². The molecule has 1 aliphatic heterocycles. The van der Waals surface area contributed by atoms with Crippen LogP contribution in [0.3, 0.4) is 0 Å². The van der Waals surface area contributed by atoms with E-state index in [-0.39, 0.29) is 31.3 Å². The zero-order chi connectivity index (χ0) is 24.1. The standard InChI is InChI=1S/C22H25F2N5O4/c1-3-6-33-27-13-8-28(10-22(13,2)9-25)19-15(23)17(26)14-18(16(19)24)29(11-4-5-11)7-12(20(14)30)21(31)32/h3,7-8,11,27H,1,4-6,9-10,25-26H2,2H3,(H,31,32). The van der Waals surface area contributed by atoms with Crippen molar-refractivity contribution in [3.8, 4) is 0 Å². The van der Waals surface area contributed by atoms with Gasteiger partial charge in [0.25, 0.3) is 0 Å². The predicted octanol–water partition coefficient (Wildman–Crippen LogP) is 2.23. The number of rotatable bonds is 8. The fourth-order valence-electron chi connectivity index (χ4n) is 4.06. The van der Waals surface area contributed by atoms with Gasteiger partial charge in [0.05, 0.1) is 28.9 Å². The van der Waals surface area contributed by atoms with Gasteiger partial charge < -0.3 is 26.0 Å². The number of nitrogen functional groups attached to an aromatic ring is 1. The first-order chi connectivity index (χ1) is 15.6.